The SMILES string of the molecule is Cn1c([C@@H]2CCCNC2)nc2ccc(F)cc2c1=O.O=C(O)C(F)(F)F. The third-order valence-electron chi connectivity index (χ3n) is 3.98. The van der Waals surface area contributed by atoms with Gasteiger partial charge in [0.05, 0.1) is 10.9 Å². The number of aliphatic carboxylic acids is 1. The molecular formula is C16H17F4N3O3. The van der Waals surface area contributed by atoms with E-state index in [4.69, 9.17) is 9.90 Å². The number of carbonyl (C=O) groups is 1. The van der Waals surface area contributed by atoms with E-state index in [1.54, 1.807) is 17.7 Å². The number of halogens is 4. The molecule has 1 aromatic carbocycles. The lowest BCUT2D eigenvalue weighted by atomic mass is 9.98. The van der Waals surface area contributed by atoms with Gasteiger partial charge in [0.15, 0.2) is 0 Å². The molecule has 0 amide bonds. The van der Waals surface area contributed by atoms with E-state index in [-0.39, 0.29) is 11.5 Å². The number of aromatic nitrogens is 2. The van der Waals surface area contributed by atoms with Crippen molar-refractivity contribution in [2.75, 3.05) is 13.1 Å². The highest BCUT2D eigenvalue weighted by Crippen LogP contribution is 2.22. The van der Waals surface area contributed by atoms with Crippen LogP contribution in [0.2, 0.25) is 0 Å². The molecule has 142 valence electrons. The van der Waals surface area contributed by atoms with Gasteiger partial charge in [-0.3, -0.25) is 9.36 Å². The van der Waals surface area contributed by atoms with Crippen LogP contribution in [0.3, 0.4) is 0 Å². The summed E-state index contributed by atoms with van der Waals surface area (Å²) in [7, 11) is 1.71. The van der Waals surface area contributed by atoms with Crippen molar-refractivity contribution in [2.24, 2.45) is 7.05 Å². The predicted molar refractivity (Wildman–Crippen MR) is 85.5 cm³/mol. The molecule has 10 heteroatoms. The van der Waals surface area contributed by atoms with E-state index in [0.717, 1.165) is 31.8 Å². The zero-order valence-corrected chi connectivity index (χ0v) is 13.8. The van der Waals surface area contributed by atoms with Crippen LogP contribution in [0.4, 0.5) is 17.6 Å². The Balaban J connectivity index is 0.000000298. The molecule has 2 N–H and O–H groups in total. The van der Waals surface area contributed by atoms with Crippen LogP contribution in [-0.2, 0) is 11.8 Å². The third kappa shape index (κ3) is 4.57. The number of carboxylic acid groups (broad SMARTS) is 1. The van der Waals surface area contributed by atoms with Crippen molar-refractivity contribution >= 4 is 16.9 Å². The number of carboxylic acids is 1. The molecule has 0 aliphatic carbocycles. The van der Waals surface area contributed by atoms with Gasteiger partial charge in [-0.1, -0.05) is 0 Å². The average molecular weight is 375 g/mol. The molecule has 1 aliphatic rings. The van der Waals surface area contributed by atoms with Gasteiger partial charge >= 0.3 is 12.1 Å². The minimum atomic E-state index is -5.08. The van der Waals surface area contributed by atoms with Crippen LogP contribution >= 0.6 is 0 Å². The third-order valence-corrected chi connectivity index (χ3v) is 3.98. The van der Waals surface area contributed by atoms with E-state index in [9.17, 15) is 22.4 Å². The summed E-state index contributed by atoms with van der Waals surface area (Å²) >= 11 is 0. The molecule has 0 saturated carbocycles. The lowest BCUT2D eigenvalue weighted by Gasteiger charge is -2.24. The molecule has 0 spiro atoms. The van der Waals surface area contributed by atoms with Gasteiger partial charge in [-0.05, 0) is 37.6 Å². The van der Waals surface area contributed by atoms with Gasteiger partial charge < -0.3 is 10.4 Å². The summed E-state index contributed by atoms with van der Waals surface area (Å²) in [6, 6.07) is 4.18. The molecule has 2 heterocycles. The molecule has 26 heavy (non-hydrogen) atoms. The number of rotatable bonds is 1. The van der Waals surface area contributed by atoms with Crippen LogP contribution in [0.15, 0.2) is 23.0 Å². The molecule has 6 nitrogen and oxygen atoms in total. The van der Waals surface area contributed by atoms with Gasteiger partial charge in [0.1, 0.15) is 11.6 Å². The first-order valence-corrected chi connectivity index (χ1v) is 7.78. The van der Waals surface area contributed by atoms with Crippen LogP contribution in [0.5, 0.6) is 0 Å². The number of alkyl halides is 3. The molecule has 1 aliphatic heterocycles. The molecule has 0 bridgehead atoms. The summed E-state index contributed by atoms with van der Waals surface area (Å²) in [5.41, 5.74) is 0.398. The average Bonchev–Trinajstić information content (AvgIpc) is 2.59. The van der Waals surface area contributed by atoms with Gasteiger partial charge in [-0.25, -0.2) is 14.2 Å². The van der Waals surface area contributed by atoms with E-state index in [1.165, 1.54) is 12.1 Å². The molecule has 1 atom stereocenters. The van der Waals surface area contributed by atoms with E-state index < -0.39 is 18.0 Å². The Hall–Kier alpha value is -2.49. The largest absolute Gasteiger partial charge is 0.490 e. The van der Waals surface area contributed by atoms with Crippen LogP contribution in [-0.4, -0.2) is 39.9 Å². The quantitative estimate of drug-likeness (QED) is 0.747. The first-order valence-electron chi connectivity index (χ1n) is 7.78. The van der Waals surface area contributed by atoms with Crippen LogP contribution < -0.4 is 10.9 Å². The maximum atomic E-state index is 13.2. The van der Waals surface area contributed by atoms with E-state index in [0.29, 0.717) is 10.9 Å². The smallest absolute Gasteiger partial charge is 0.475 e. The monoisotopic (exact) mass is 375 g/mol. The standard InChI is InChI=1S/C14H16FN3O.C2HF3O2/c1-18-13(9-3-2-6-16-8-9)17-12-5-4-10(15)7-11(12)14(18)19;3-2(4,5)1(6)7/h4-5,7,9,16H,2-3,6,8H2,1H3;(H,6,7)/t9-;/m1./s1. The van der Waals surface area contributed by atoms with Gasteiger partial charge in [-0.15, -0.1) is 0 Å². The number of piperidine rings is 1. The van der Waals surface area contributed by atoms with Crippen molar-refractivity contribution in [1.82, 2.24) is 14.9 Å². The van der Waals surface area contributed by atoms with Crippen molar-refractivity contribution in [3.63, 3.8) is 0 Å². The topological polar surface area (TPSA) is 84.2 Å². The Bertz CT molecular complexity index is 858. The fourth-order valence-corrected chi connectivity index (χ4v) is 2.70. The molecule has 2 aromatic rings. The van der Waals surface area contributed by atoms with Crippen LogP contribution in [0, 0.1) is 5.82 Å². The highest BCUT2D eigenvalue weighted by molar-refractivity contribution is 5.77. The Labute approximate surface area is 145 Å². The Morgan fingerprint density at radius 3 is 2.58 bits per heavy atom. The second-order valence-corrected chi connectivity index (χ2v) is 5.84. The van der Waals surface area contributed by atoms with Gasteiger partial charge in [0, 0.05) is 19.5 Å². The van der Waals surface area contributed by atoms with Gasteiger partial charge in [-0.2, -0.15) is 13.2 Å². The van der Waals surface area contributed by atoms with Crippen LogP contribution in [0.1, 0.15) is 24.6 Å². The number of fused-ring (bicyclic) bond motifs is 1. The highest BCUT2D eigenvalue weighted by atomic mass is 19.4. The fraction of sp³-hybridized carbons (Fsp3) is 0.438. The lowest BCUT2D eigenvalue weighted by Crippen LogP contribution is -2.33. The summed E-state index contributed by atoms with van der Waals surface area (Å²) in [6.45, 7) is 1.86. The Kier molecular flexibility index (Phi) is 5.96. The Morgan fingerprint density at radius 1 is 1.38 bits per heavy atom. The maximum absolute atomic E-state index is 13.2. The molecular weight excluding hydrogens is 358 g/mol. The molecule has 3 rings (SSSR count). The zero-order chi connectivity index (χ0) is 19.5. The number of nitrogens with one attached hydrogen (secondary N) is 1. The van der Waals surface area contributed by atoms with Crippen molar-refractivity contribution < 1.29 is 27.5 Å². The molecule has 1 saturated heterocycles. The number of benzene rings is 1. The summed E-state index contributed by atoms with van der Waals surface area (Å²) in [5, 5.41) is 10.8. The minimum absolute atomic E-state index is 0.176. The molecule has 1 aromatic heterocycles. The zero-order valence-electron chi connectivity index (χ0n) is 13.8. The van der Waals surface area contributed by atoms with E-state index in [2.05, 4.69) is 10.3 Å². The number of nitrogens with zero attached hydrogens (tertiary/aromatic N) is 2. The minimum Gasteiger partial charge on any atom is -0.475 e. The molecule has 0 unspecified atom stereocenters. The van der Waals surface area contributed by atoms with Crippen LogP contribution in [0.25, 0.3) is 10.9 Å². The van der Waals surface area contributed by atoms with E-state index in [1.807, 2.05) is 0 Å². The van der Waals surface area contributed by atoms with Gasteiger partial charge in [0.25, 0.3) is 5.56 Å². The molecule has 0 radical (unpaired) electrons. The second-order valence-electron chi connectivity index (χ2n) is 5.84. The first kappa shape index (κ1) is 19.8. The number of hydrogen-bond donors (Lipinski definition) is 2. The van der Waals surface area contributed by atoms with Crippen molar-refractivity contribution in [3.8, 4) is 0 Å². The molecule has 1 fully saturated rings. The highest BCUT2D eigenvalue weighted by Gasteiger charge is 2.38. The van der Waals surface area contributed by atoms with Gasteiger partial charge in [0.2, 0.25) is 0 Å². The summed E-state index contributed by atoms with van der Waals surface area (Å²) in [6.07, 6.45) is -2.97. The van der Waals surface area contributed by atoms with Crippen molar-refractivity contribution in [1.29, 1.82) is 0 Å². The predicted octanol–water partition coefficient (Wildman–Crippen LogP) is 2.17. The first-order chi connectivity index (χ1) is 12.1. The number of hydrogen-bond acceptors (Lipinski definition) is 4. The Morgan fingerprint density at radius 2 is 2.04 bits per heavy atom. The summed E-state index contributed by atoms with van der Waals surface area (Å²) < 4.78 is 46.5. The normalized spacial score (nSPS) is 17.5. The van der Waals surface area contributed by atoms with E-state index >= 15 is 0 Å². The maximum Gasteiger partial charge on any atom is 0.490 e. The fourth-order valence-electron chi connectivity index (χ4n) is 2.70. The summed E-state index contributed by atoms with van der Waals surface area (Å²) in [5.74, 6) is -2.12. The van der Waals surface area contributed by atoms with Crippen molar-refractivity contribution in [2.45, 2.75) is 24.9 Å². The lowest BCUT2D eigenvalue weighted by molar-refractivity contribution is -0.192. The second kappa shape index (κ2) is 7.81. The summed E-state index contributed by atoms with van der Waals surface area (Å²) in [4.78, 5) is 25.7. The van der Waals surface area contributed by atoms with Crippen molar-refractivity contribution in [3.05, 3.63) is 40.2 Å².